The molecule has 0 radical (unpaired) electrons. The number of aliphatic imine (C=N–C) groups is 1. The van der Waals surface area contributed by atoms with Gasteiger partial charge in [0.25, 0.3) is 0 Å². The summed E-state index contributed by atoms with van der Waals surface area (Å²) >= 11 is 0. The highest BCUT2D eigenvalue weighted by atomic mass is 127. The minimum atomic E-state index is 0. The number of hydrogen-bond acceptors (Lipinski definition) is 4. The molecule has 0 spiro atoms. The van der Waals surface area contributed by atoms with Gasteiger partial charge in [-0.2, -0.15) is 0 Å². The number of hydrogen-bond donors (Lipinski definition) is 1. The van der Waals surface area contributed by atoms with E-state index in [-0.39, 0.29) is 24.0 Å². The Hall–Kier alpha value is -0.120. The molecule has 0 aliphatic carbocycles. The molecule has 0 amide bonds. The van der Waals surface area contributed by atoms with E-state index in [0.717, 1.165) is 58.4 Å². The molecular formula is C19H38IN5O. The quantitative estimate of drug-likeness (QED) is 0.358. The number of guanidine groups is 1. The zero-order chi connectivity index (χ0) is 17.5. The van der Waals surface area contributed by atoms with Gasteiger partial charge in [-0.25, -0.2) is 0 Å². The zero-order valence-electron chi connectivity index (χ0n) is 16.7. The van der Waals surface area contributed by atoms with Gasteiger partial charge < -0.3 is 15.0 Å². The van der Waals surface area contributed by atoms with Crippen LogP contribution in [0.25, 0.3) is 0 Å². The van der Waals surface area contributed by atoms with Crippen LogP contribution in [-0.4, -0.2) is 98.3 Å². The Bertz CT molecular complexity index is 424. The van der Waals surface area contributed by atoms with Crippen LogP contribution in [0.3, 0.4) is 0 Å². The van der Waals surface area contributed by atoms with Crippen molar-refractivity contribution in [3.8, 4) is 0 Å². The molecule has 3 fully saturated rings. The van der Waals surface area contributed by atoms with Crippen molar-refractivity contribution in [2.45, 2.75) is 51.6 Å². The number of ether oxygens (including phenoxy) is 1. The average molecular weight is 479 g/mol. The van der Waals surface area contributed by atoms with Gasteiger partial charge in [-0.3, -0.25) is 14.8 Å². The van der Waals surface area contributed by atoms with Crippen LogP contribution < -0.4 is 5.32 Å². The predicted molar refractivity (Wildman–Crippen MR) is 119 cm³/mol. The summed E-state index contributed by atoms with van der Waals surface area (Å²) < 4.78 is 5.50. The lowest BCUT2D eigenvalue weighted by Gasteiger charge is -2.32. The van der Waals surface area contributed by atoms with E-state index >= 15 is 0 Å². The Labute approximate surface area is 176 Å². The van der Waals surface area contributed by atoms with E-state index in [1.807, 2.05) is 0 Å². The molecule has 3 heterocycles. The molecule has 0 saturated carbocycles. The Balaban J connectivity index is 0.00000243. The molecule has 3 rings (SSSR count). The van der Waals surface area contributed by atoms with Crippen LogP contribution in [-0.2, 0) is 4.74 Å². The molecule has 0 aromatic heterocycles. The number of rotatable bonds is 6. The molecule has 3 aliphatic heterocycles. The first-order valence-electron chi connectivity index (χ1n) is 10.4. The lowest BCUT2D eigenvalue weighted by Crippen LogP contribution is -2.47. The third-order valence-electron chi connectivity index (χ3n) is 5.94. The maximum absolute atomic E-state index is 5.50. The number of halogens is 1. The summed E-state index contributed by atoms with van der Waals surface area (Å²) in [6, 6.07) is 1.27. The monoisotopic (exact) mass is 479 g/mol. The Kier molecular flexibility index (Phi) is 9.94. The highest BCUT2D eigenvalue weighted by molar-refractivity contribution is 14.0. The van der Waals surface area contributed by atoms with Crippen LogP contribution in [0.2, 0.25) is 0 Å². The van der Waals surface area contributed by atoms with Gasteiger partial charge in [0, 0.05) is 44.8 Å². The van der Waals surface area contributed by atoms with Gasteiger partial charge in [0.15, 0.2) is 5.96 Å². The van der Waals surface area contributed by atoms with Crippen LogP contribution in [0.15, 0.2) is 4.99 Å². The van der Waals surface area contributed by atoms with Gasteiger partial charge in [0.2, 0.25) is 0 Å². The highest BCUT2D eigenvalue weighted by Gasteiger charge is 2.30. The molecule has 0 aromatic carbocycles. The van der Waals surface area contributed by atoms with Crippen molar-refractivity contribution in [2.24, 2.45) is 4.99 Å². The first-order chi connectivity index (χ1) is 12.3. The van der Waals surface area contributed by atoms with E-state index in [4.69, 9.17) is 9.73 Å². The van der Waals surface area contributed by atoms with Crippen LogP contribution in [0.4, 0.5) is 0 Å². The van der Waals surface area contributed by atoms with Gasteiger partial charge in [0.05, 0.1) is 19.8 Å². The van der Waals surface area contributed by atoms with E-state index in [1.54, 1.807) is 0 Å². The van der Waals surface area contributed by atoms with E-state index in [1.165, 1.54) is 38.8 Å². The molecule has 152 valence electrons. The van der Waals surface area contributed by atoms with Crippen LogP contribution in [0, 0.1) is 0 Å². The molecular weight excluding hydrogens is 441 g/mol. The normalized spacial score (nSPS) is 26.8. The standard InChI is InChI=1S/C19H37N5O.HI/c1-3-17(22-8-5-6-9-22)15-21-19(20-4-2)24-10-7-18(16-24)23-11-13-25-14-12-23;/h17-18H,3-16H2,1-2H3,(H,20,21);1H. The van der Waals surface area contributed by atoms with E-state index in [2.05, 4.69) is 33.9 Å². The molecule has 0 aromatic rings. The fourth-order valence-electron chi connectivity index (χ4n) is 4.40. The summed E-state index contributed by atoms with van der Waals surface area (Å²) in [4.78, 5) is 12.7. The number of nitrogens with one attached hydrogen (secondary N) is 1. The maximum Gasteiger partial charge on any atom is 0.194 e. The lowest BCUT2D eigenvalue weighted by molar-refractivity contribution is 0.0195. The molecule has 6 nitrogen and oxygen atoms in total. The fourth-order valence-corrected chi connectivity index (χ4v) is 4.40. The summed E-state index contributed by atoms with van der Waals surface area (Å²) in [6.45, 7) is 15.0. The zero-order valence-corrected chi connectivity index (χ0v) is 19.0. The maximum atomic E-state index is 5.50. The van der Waals surface area contributed by atoms with Gasteiger partial charge in [-0.05, 0) is 45.7 Å². The van der Waals surface area contributed by atoms with Gasteiger partial charge in [-0.15, -0.1) is 24.0 Å². The highest BCUT2D eigenvalue weighted by Crippen LogP contribution is 2.18. The summed E-state index contributed by atoms with van der Waals surface area (Å²) in [6.07, 6.45) is 5.15. The molecule has 3 saturated heterocycles. The second kappa shape index (κ2) is 11.7. The summed E-state index contributed by atoms with van der Waals surface area (Å²) in [7, 11) is 0. The second-order valence-electron chi connectivity index (χ2n) is 7.54. The molecule has 3 aliphatic rings. The lowest BCUT2D eigenvalue weighted by atomic mass is 10.2. The molecule has 2 atom stereocenters. The van der Waals surface area contributed by atoms with Gasteiger partial charge >= 0.3 is 0 Å². The van der Waals surface area contributed by atoms with Crippen molar-refractivity contribution in [1.82, 2.24) is 20.0 Å². The topological polar surface area (TPSA) is 43.3 Å². The van der Waals surface area contributed by atoms with Crippen LogP contribution in [0.5, 0.6) is 0 Å². The van der Waals surface area contributed by atoms with Crippen molar-refractivity contribution in [3.05, 3.63) is 0 Å². The van der Waals surface area contributed by atoms with Crippen molar-refractivity contribution >= 4 is 29.9 Å². The molecule has 1 N–H and O–H groups in total. The predicted octanol–water partition coefficient (Wildman–Crippen LogP) is 1.85. The second-order valence-corrected chi connectivity index (χ2v) is 7.54. The first-order valence-corrected chi connectivity index (χ1v) is 10.4. The van der Waals surface area contributed by atoms with Crippen LogP contribution in [0.1, 0.15) is 39.5 Å². The summed E-state index contributed by atoms with van der Waals surface area (Å²) in [5, 5.41) is 3.53. The van der Waals surface area contributed by atoms with Crippen molar-refractivity contribution < 1.29 is 4.74 Å². The van der Waals surface area contributed by atoms with E-state index in [0.29, 0.717) is 12.1 Å². The SMILES string of the molecule is CCNC(=NCC(CC)N1CCCC1)N1CCC(N2CCOCC2)C1.I. The van der Waals surface area contributed by atoms with Gasteiger partial charge in [0.1, 0.15) is 0 Å². The van der Waals surface area contributed by atoms with Crippen molar-refractivity contribution in [1.29, 1.82) is 0 Å². The summed E-state index contributed by atoms with van der Waals surface area (Å²) in [5.74, 6) is 1.12. The smallest absolute Gasteiger partial charge is 0.194 e. The largest absolute Gasteiger partial charge is 0.379 e. The van der Waals surface area contributed by atoms with E-state index in [9.17, 15) is 0 Å². The fraction of sp³-hybridized carbons (Fsp3) is 0.947. The van der Waals surface area contributed by atoms with E-state index < -0.39 is 0 Å². The molecule has 26 heavy (non-hydrogen) atoms. The average Bonchev–Trinajstić information content (AvgIpc) is 3.34. The van der Waals surface area contributed by atoms with Crippen molar-refractivity contribution in [3.63, 3.8) is 0 Å². The third kappa shape index (κ3) is 5.94. The van der Waals surface area contributed by atoms with Gasteiger partial charge in [-0.1, -0.05) is 6.92 Å². The Morgan fingerprint density at radius 3 is 2.50 bits per heavy atom. The number of likely N-dealkylation sites (tertiary alicyclic amines) is 2. The minimum absolute atomic E-state index is 0. The minimum Gasteiger partial charge on any atom is -0.379 e. The summed E-state index contributed by atoms with van der Waals surface area (Å²) in [5.41, 5.74) is 0. The molecule has 2 unspecified atom stereocenters. The molecule has 7 heteroatoms. The number of morpholine rings is 1. The Morgan fingerprint density at radius 1 is 1.12 bits per heavy atom. The molecule has 0 bridgehead atoms. The third-order valence-corrected chi connectivity index (χ3v) is 5.94. The van der Waals surface area contributed by atoms with Crippen LogP contribution >= 0.6 is 24.0 Å². The number of nitrogens with zero attached hydrogens (tertiary/aromatic N) is 4. The Morgan fingerprint density at radius 2 is 1.85 bits per heavy atom. The van der Waals surface area contributed by atoms with Crippen molar-refractivity contribution in [2.75, 3.05) is 65.6 Å². The first kappa shape index (κ1) is 22.2.